The van der Waals surface area contributed by atoms with E-state index >= 15 is 0 Å². The Morgan fingerprint density at radius 1 is 1.22 bits per heavy atom. The fraction of sp³-hybridized carbons (Fsp3) is 0.333. The van der Waals surface area contributed by atoms with Gasteiger partial charge in [0.1, 0.15) is 5.75 Å². The van der Waals surface area contributed by atoms with E-state index < -0.39 is 0 Å². The van der Waals surface area contributed by atoms with Gasteiger partial charge in [0.2, 0.25) is 5.16 Å². The van der Waals surface area contributed by atoms with Gasteiger partial charge in [-0.05, 0) is 30.5 Å². The minimum atomic E-state index is 0.796. The predicted molar refractivity (Wildman–Crippen MR) is 77.5 cm³/mol. The first-order valence-electron chi connectivity index (χ1n) is 5.52. The Bertz CT molecular complexity index is 484. The van der Waals surface area contributed by atoms with Crippen LogP contribution in [0, 0.1) is 0 Å². The van der Waals surface area contributed by atoms with Crippen LogP contribution in [0.25, 0.3) is 11.4 Å². The summed E-state index contributed by atoms with van der Waals surface area (Å²) in [7, 11) is 1.66. The number of H-pyrrole nitrogens is 1. The monoisotopic (exact) mass is 281 g/mol. The summed E-state index contributed by atoms with van der Waals surface area (Å²) < 4.78 is 5.12. The molecule has 0 aliphatic carbocycles. The fourth-order valence-electron chi connectivity index (χ4n) is 1.41. The fourth-order valence-corrected chi connectivity index (χ4v) is 2.85. The number of ether oxygens (including phenoxy) is 1. The average molecular weight is 281 g/mol. The molecule has 0 spiro atoms. The molecule has 6 heteroatoms. The normalized spacial score (nSPS) is 10.6. The van der Waals surface area contributed by atoms with Gasteiger partial charge in [-0.25, -0.2) is 4.98 Å². The van der Waals surface area contributed by atoms with Crippen molar-refractivity contribution in [2.24, 2.45) is 0 Å². The van der Waals surface area contributed by atoms with Gasteiger partial charge in [-0.2, -0.15) is 11.8 Å². The average Bonchev–Trinajstić information content (AvgIpc) is 2.88. The van der Waals surface area contributed by atoms with E-state index in [0.29, 0.717) is 0 Å². The van der Waals surface area contributed by atoms with Crippen molar-refractivity contribution >= 4 is 23.5 Å². The molecule has 4 nitrogen and oxygen atoms in total. The van der Waals surface area contributed by atoms with Gasteiger partial charge in [-0.1, -0.05) is 11.8 Å². The lowest BCUT2D eigenvalue weighted by molar-refractivity contribution is 0.415. The van der Waals surface area contributed by atoms with Gasteiger partial charge in [0.25, 0.3) is 0 Å². The highest BCUT2D eigenvalue weighted by Gasteiger charge is 2.05. The molecule has 0 saturated heterocycles. The second-order valence-electron chi connectivity index (χ2n) is 3.54. The quantitative estimate of drug-likeness (QED) is 0.651. The maximum atomic E-state index is 5.12. The highest BCUT2D eigenvalue weighted by molar-refractivity contribution is 8.02. The van der Waals surface area contributed by atoms with Gasteiger partial charge in [0.15, 0.2) is 5.82 Å². The van der Waals surface area contributed by atoms with Gasteiger partial charge >= 0.3 is 0 Å². The third kappa shape index (κ3) is 3.43. The van der Waals surface area contributed by atoms with Crippen LogP contribution in [-0.4, -0.2) is 40.1 Å². The first kappa shape index (κ1) is 13.3. The zero-order valence-electron chi connectivity index (χ0n) is 10.3. The predicted octanol–water partition coefficient (Wildman–Crippen LogP) is 2.94. The van der Waals surface area contributed by atoms with E-state index in [1.54, 1.807) is 18.9 Å². The number of hydrogen-bond donors (Lipinski definition) is 1. The Balaban J connectivity index is 2.04. The van der Waals surface area contributed by atoms with E-state index in [4.69, 9.17) is 4.74 Å². The molecule has 1 N–H and O–H groups in total. The lowest BCUT2D eigenvalue weighted by Crippen LogP contribution is -1.85. The maximum Gasteiger partial charge on any atom is 0.208 e. The van der Waals surface area contributed by atoms with Crippen molar-refractivity contribution in [3.05, 3.63) is 24.3 Å². The van der Waals surface area contributed by atoms with Gasteiger partial charge in [-0.15, -0.1) is 5.10 Å². The van der Waals surface area contributed by atoms with Crippen LogP contribution in [-0.2, 0) is 0 Å². The van der Waals surface area contributed by atoms with E-state index in [1.807, 2.05) is 36.0 Å². The van der Waals surface area contributed by atoms with Crippen LogP contribution in [0.15, 0.2) is 29.4 Å². The van der Waals surface area contributed by atoms with Crippen molar-refractivity contribution in [2.45, 2.75) is 5.16 Å². The van der Waals surface area contributed by atoms with Crippen LogP contribution in [0.4, 0.5) is 0 Å². The van der Waals surface area contributed by atoms with Crippen molar-refractivity contribution in [1.82, 2.24) is 15.2 Å². The second kappa shape index (κ2) is 6.70. The summed E-state index contributed by atoms with van der Waals surface area (Å²) in [6.45, 7) is 0. The van der Waals surface area contributed by atoms with Gasteiger partial charge < -0.3 is 4.74 Å². The van der Waals surface area contributed by atoms with E-state index in [-0.39, 0.29) is 0 Å². The number of nitrogens with one attached hydrogen (secondary N) is 1. The topological polar surface area (TPSA) is 50.8 Å². The van der Waals surface area contributed by atoms with Crippen LogP contribution in [0.3, 0.4) is 0 Å². The number of benzene rings is 1. The molecular formula is C12H15N3OS2. The molecule has 18 heavy (non-hydrogen) atoms. The number of aromatic amines is 1. The van der Waals surface area contributed by atoms with Crippen molar-refractivity contribution in [3.8, 4) is 17.1 Å². The number of aromatic nitrogens is 3. The van der Waals surface area contributed by atoms with Crippen LogP contribution in [0.2, 0.25) is 0 Å². The molecule has 0 radical (unpaired) electrons. The Labute approximate surface area is 115 Å². The standard InChI is InChI=1S/C12H15N3OS2/c1-16-10-5-3-9(4-6-10)11-13-12(15-14-11)18-8-7-17-2/h3-6H,7-8H2,1-2H3,(H,13,14,15). The summed E-state index contributed by atoms with van der Waals surface area (Å²) >= 11 is 3.50. The number of hydrogen-bond acceptors (Lipinski definition) is 5. The van der Waals surface area contributed by atoms with Gasteiger partial charge in [-0.3, -0.25) is 5.10 Å². The molecular weight excluding hydrogens is 266 g/mol. The molecule has 2 rings (SSSR count). The summed E-state index contributed by atoms with van der Waals surface area (Å²) in [5.74, 6) is 3.77. The smallest absolute Gasteiger partial charge is 0.208 e. The Kier molecular flexibility index (Phi) is 4.95. The van der Waals surface area contributed by atoms with Crippen LogP contribution in [0.5, 0.6) is 5.75 Å². The van der Waals surface area contributed by atoms with E-state index in [0.717, 1.165) is 33.8 Å². The van der Waals surface area contributed by atoms with Crippen LogP contribution >= 0.6 is 23.5 Å². The molecule has 0 bridgehead atoms. The molecule has 0 atom stereocenters. The van der Waals surface area contributed by atoms with Crippen molar-refractivity contribution in [1.29, 1.82) is 0 Å². The molecule has 96 valence electrons. The van der Waals surface area contributed by atoms with Gasteiger partial charge in [0, 0.05) is 17.1 Å². The minimum absolute atomic E-state index is 0.796. The van der Waals surface area contributed by atoms with E-state index in [9.17, 15) is 0 Å². The molecule has 1 aromatic carbocycles. The highest BCUT2D eigenvalue weighted by atomic mass is 32.2. The summed E-state index contributed by atoms with van der Waals surface area (Å²) in [4.78, 5) is 4.45. The first-order valence-corrected chi connectivity index (χ1v) is 7.90. The van der Waals surface area contributed by atoms with Crippen LogP contribution < -0.4 is 4.74 Å². The number of rotatable bonds is 6. The third-order valence-electron chi connectivity index (χ3n) is 2.35. The Morgan fingerprint density at radius 2 is 2.00 bits per heavy atom. The second-order valence-corrected chi connectivity index (χ2v) is 5.58. The summed E-state index contributed by atoms with van der Waals surface area (Å²) in [5, 5.41) is 7.95. The molecule has 1 heterocycles. The number of thioether (sulfide) groups is 2. The van der Waals surface area contributed by atoms with Crippen molar-refractivity contribution < 1.29 is 4.74 Å². The summed E-state index contributed by atoms with van der Waals surface area (Å²) in [6.07, 6.45) is 2.10. The molecule has 0 fully saturated rings. The minimum Gasteiger partial charge on any atom is -0.497 e. The lowest BCUT2D eigenvalue weighted by Gasteiger charge is -1.99. The van der Waals surface area contributed by atoms with Crippen LogP contribution in [0.1, 0.15) is 0 Å². The molecule has 1 aromatic heterocycles. The first-order chi connectivity index (χ1) is 8.83. The SMILES string of the molecule is COc1ccc(-c2nc(SCCSC)n[nH]2)cc1. The molecule has 0 aliphatic heterocycles. The maximum absolute atomic E-state index is 5.12. The largest absolute Gasteiger partial charge is 0.497 e. The number of methoxy groups -OCH3 is 1. The van der Waals surface area contributed by atoms with E-state index in [1.165, 1.54) is 0 Å². The molecule has 0 unspecified atom stereocenters. The van der Waals surface area contributed by atoms with E-state index in [2.05, 4.69) is 21.4 Å². The molecule has 0 aliphatic rings. The Hall–Kier alpha value is -1.14. The molecule has 0 saturated carbocycles. The lowest BCUT2D eigenvalue weighted by atomic mass is 10.2. The van der Waals surface area contributed by atoms with Gasteiger partial charge in [0.05, 0.1) is 7.11 Å². The summed E-state index contributed by atoms with van der Waals surface area (Å²) in [5.41, 5.74) is 1.01. The molecule has 0 amide bonds. The molecule has 2 aromatic rings. The zero-order chi connectivity index (χ0) is 12.8. The Morgan fingerprint density at radius 3 is 2.67 bits per heavy atom. The number of nitrogens with zero attached hydrogens (tertiary/aromatic N) is 2. The third-order valence-corrected chi connectivity index (χ3v) is 4.07. The van der Waals surface area contributed by atoms with Crippen molar-refractivity contribution in [2.75, 3.05) is 24.9 Å². The highest BCUT2D eigenvalue weighted by Crippen LogP contribution is 2.21. The van der Waals surface area contributed by atoms with Crippen molar-refractivity contribution in [3.63, 3.8) is 0 Å². The summed E-state index contributed by atoms with van der Waals surface area (Å²) in [6, 6.07) is 7.77. The zero-order valence-corrected chi connectivity index (χ0v) is 12.0.